The molecule has 6 nitrogen and oxygen atoms in total. The van der Waals surface area contributed by atoms with Crippen LogP contribution in [-0.2, 0) is 11.3 Å². The number of rotatable bonds is 7. The summed E-state index contributed by atoms with van der Waals surface area (Å²) >= 11 is 11.7. The van der Waals surface area contributed by atoms with E-state index in [1.807, 2.05) is 0 Å². The SMILES string of the molecule is O=C(O)CCNC(=O)N(CCO)Cc1ccc(Cl)c(Cl)c1. The van der Waals surface area contributed by atoms with E-state index in [9.17, 15) is 9.59 Å². The van der Waals surface area contributed by atoms with Crippen molar-refractivity contribution in [1.82, 2.24) is 10.2 Å². The highest BCUT2D eigenvalue weighted by Crippen LogP contribution is 2.23. The minimum atomic E-state index is -0.992. The van der Waals surface area contributed by atoms with Gasteiger partial charge in [0.25, 0.3) is 0 Å². The van der Waals surface area contributed by atoms with Crippen LogP contribution in [0.3, 0.4) is 0 Å². The van der Waals surface area contributed by atoms with Crippen molar-refractivity contribution in [2.75, 3.05) is 19.7 Å². The number of hydrogen-bond acceptors (Lipinski definition) is 3. The predicted molar refractivity (Wildman–Crippen MR) is 79.6 cm³/mol. The van der Waals surface area contributed by atoms with Crippen LogP contribution in [0.25, 0.3) is 0 Å². The Kier molecular flexibility index (Phi) is 7.28. The highest BCUT2D eigenvalue weighted by molar-refractivity contribution is 6.42. The summed E-state index contributed by atoms with van der Waals surface area (Å²) in [5.74, 6) is -0.992. The number of aliphatic hydroxyl groups excluding tert-OH is 1. The summed E-state index contributed by atoms with van der Waals surface area (Å²) in [5.41, 5.74) is 0.756. The number of urea groups is 1. The van der Waals surface area contributed by atoms with Gasteiger partial charge in [-0.25, -0.2) is 4.79 Å². The number of nitrogens with one attached hydrogen (secondary N) is 1. The number of nitrogens with zero attached hydrogens (tertiary/aromatic N) is 1. The number of halogens is 2. The Labute approximate surface area is 132 Å². The van der Waals surface area contributed by atoms with E-state index in [2.05, 4.69) is 5.32 Å². The van der Waals surface area contributed by atoms with Crippen LogP contribution in [0.15, 0.2) is 18.2 Å². The molecule has 0 spiro atoms. The van der Waals surface area contributed by atoms with Crippen molar-refractivity contribution in [2.24, 2.45) is 0 Å². The number of carbonyl (C=O) groups excluding carboxylic acids is 1. The van der Waals surface area contributed by atoms with Crippen LogP contribution >= 0.6 is 23.2 Å². The fourth-order valence-electron chi connectivity index (χ4n) is 1.62. The summed E-state index contributed by atoms with van der Waals surface area (Å²) in [7, 11) is 0. The summed E-state index contributed by atoms with van der Waals surface area (Å²) in [6.07, 6.45) is -0.161. The highest BCUT2D eigenvalue weighted by atomic mass is 35.5. The molecule has 2 amide bonds. The number of carboxylic acid groups (broad SMARTS) is 1. The van der Waals surface area contributed by atoms with Gasteiger partial charge < -0.3 is 20.4 Å². The lowest BCUT2D eigenvalue weighted by atomic mass is 10.2. The number of hydrogen-bond donors (Lipinski definition) is 3. The summed E-state index contributed by atoms with van der Waals surface area (Å²) < 4.78 is 0. The molecule has 0 aliphatic heterocycles. The first-order valence-electron chi connectivity index (χ1n) is 6.23. The zero-order chi connectivity index (χ0) is 15.8. The van der Waals surface area contributed by atoms with Gasteiger partial charge in [0.2, 0.25) is 0 Å². The second kappa shape index (κ2) is 8.71. The van der Waals surface area contributed by atoms with Crippen molar-refractivity contribution < 1.29 is 19.8 Å². The standard InChI is InChI=1S/C13H16Cl2N2O4/c14-10-2-1-9(7-11(10)15)8-17(5-6-18)13(21)16-4-3-12(19)20/h1-2,7,18H,3-6,8H2,(H,16,21)(H,19,20). The van der Waals surface area contributed by atoms with E-state index < -0.39 is 12.0 Å². The van der Waals surface area contributed by atoms with E-state index in [1.165, 1.54) is 4.90 Å². The number of carbonyl (C=O) groups is 2. The molecule has 21 heavy (non-hydrogen) atoms. The number of carboxylic acids is 1. The van der Waals surface area contributed by atoms with Gasteiger partial charge in [-0.3, -0.25) is 4.79 Å². The molecule has 1 aromatic carbocycles. The molecule has 0 aliphatic carbocycles. The summed E-state index contributed by atoms with van der Waals surface area (Å²) in [5, 5.41) is 20.8. The first kappa shape index (κ1) is 17.6. The van der Waals surface area contributed by atoms with Gasteiger partial charge in [-0.05, 0) is 17.7 Å². The molecule has 0 atom stereocenters. The first-order valence-corrected chi connectivity index (χ1v) is 6.99. The van der Waals surface area contributed by atoms with Gasteiger partial charge in [0.1, 0.15) is 0 Å². The van der Waals surface area contributed by atoms with Gasteiger partial charge in [0.15, 0.2) is 0 Å². The maximum atomic E-state index is 11.9. The third kappa shape index (κ3) is 6.20. The molecule has 0 aliphatic rings. The molecule has 8 heteroatoms. The van der Waals surface area contributed by atoms with Crippen LogP contribution in [0.2, 0.25) is 10.0 Å². The number of aliphatic hydroxyl groups is 1. The first-order chi connectivity index (χ1) is 9.93. The lowest BCUT2D eigenvalue weighted by Gasteiger charge is -2.22. The average molecular weight is 335 g/mol. The van der Waals surface area contributed by atoms with Crippen molar-refractivity contribution in [3.8, 4) is 0 Å². The van der Waals surface area contributed by atoms with Crippen LogP contribution in [0.1, 0.15) is 12.0 Å². The molecule has 0 radical (unpaired) electrons. The minimum Gasteiger partial charge on any atom is -0.481 e. The molecule has 3 N–H and O–H groups in total. The maximum absolute atomic E-state index is 11.9. The Balaban J connectivity index is 2.65. The Hall–Kier alpha value is -1.50. The smallest absolute Gasteiger partial charge is 0.317 e. The predicted octanol–water partition coefficient (Wildman–Crippen LogP) is 1.97. The van der Waals surface area contributed by atoms with E-state index >= 15 is 0 Å². The quantitative estimate of drug-likeness (QED) is 0.711. The largest absolute Gasteiger partial charge is 0.481 e. The van der Waals surface area contributed by atoms with Crippen LogP contribution in [0, 0.1) is 0 Å². The van der Waals surface area contributed by atoms with E-state index in [0.717, 1.165) is 5.56 Å². The monoisotopic (exact) mass is 334 g/mol. The maximum Gasteiger partial charge on any atom is 0.317 e. The van der Waals surface area contributed by atoms with Crippen molar-refractivity contribution >= 4 is 35.2 Å². The molecule has 0 aromatic heterocycles. The average Bonchev–Trinajstić information content (AvgIpc) is 2.42. The zero-order valence-electron chi connectivity index (χ0n) is 11.2. The number of amides is 2. The van der Waals surface area contributed by atoms with Crippen LogP contribution in [0.5, 0.6) is 0 Å². The van der Waals surface area contributed by atoms with E-state index in [-0.39, 0.29) is 32.7 Å². The summed E-state index contributed by atoms with van der Waals surface area (Å²) in [4.78, 5) is 23.7. The molecule has 116 valence electrons. The van der Waals surface area contributed by atoms with Gasteiger partial charge >= 0.3 is 12.0 Å². The van der Waals surface area contributed by atoms with Gasteiger partial charge in [0, 0.05) is 19.6 Å². The fraction of sp³-hybridized carbons (Fsp3) is 0.385. The summed E-state index contributed by atoms with van der Waals surface area (Å²) in [6, 6.07) is 4.54. The molecule has 0 unspecified atom stereocenters. The molecule has 0 fully saturated rings. The normalized spacial score (nSPS) is 10.2. The molecular formula is C13H16Cl2N2O4. The van der Waals surface area contributed by atoms with Crippen LogP contribution in [0.4, 0.5) is 4.79 Å². The van der Waals surface area contributed by atoms with Crippen LogP contribution < -0.4 is 5.32 Å². The van der Waals surface area contributed by atoms with Crippen molar-refractivity contribution in [1.29, 1.82) is 0 Å². The van der Waals surface area contributed by atoms with Crippen LogP contribution in [-0.4, -0.2) is 46.8 Å². The Morgan fingerprint density at radius 1 is 1.24 bits per heavy atom. The third-order valence-corrected chi connectivity index (χ3v) is 3.37. The Bertz CT molecular complexity index is 511. The van der Waals surface area contributed by atoms with E-state index in [0.29, 0.717) is 10.0 Å². The summed E-state index contributed by atoms with van der Waals surface area (Å²) in [6.45, 7) is 0.181. The van der Waals surface area contributed by atoms with Crippen molar-refractivity contribution in [2.45, 2.75) is 13.0 Å². The molecule has 0 saturated carbocycles. The second-order valence-corrected chi connectivity index (χ2v) is 5.08. The van der Waals surface area contributed by atoms with Gasteiger partial charge in [-0.15, -0.1) is 0 Å². The van der Waals surface area contributed by atoms with Gasteiger partial charge in [-0.1, -0.05) is 29.3 Å². The molecule has 0 bridgehead atoms. The Morgan fingerprint density at radius 2 is 1.95 bits per heavy atom. The second-order valence-electron chi connectivity index (χ2n) is 4.27. The van der Waals surface area contributed by atoms with Crippen molar-refractivity contribution in [3.63, 3.8) is 0 Å². The zero-order valence-corrected chi connectivity index (χ0v) is 12.7. The van der Waals surface area contributed by atoms with Gasteiger partial charge in [0.05, 0.1) is 23.1 Å². The lowest BCUT2D eigenvalue weighted by molar-refractivity contribution is -0.136. The molecule has 0 heterocycles. The molecule has 1 rings (SSSR count). The lowest BCUT2D eigenvalue weighted by Crippen LogP contribution is -2.41. The molecule has 0 saturated heterocycles. The third-order valence-electron chi connectivity index (χ3n) is 2.63. The topological polar surface area (TPSA) is 89.9 Å². The number of benzene rings is 1. The highest BCUT2D eigenvalue weighted by Gasteiger charge is 2.14. The van der Waals surface area contributed by atoms with E-state index in [1.54, 1.807) is 18.2 Å². The fourth-order valence-corrected chi connectivity index (χ4v) is 1.94. The van der Waals surface area contributed by atoms with Crippen molar-refractivity contribution in [3.05, 3.63) is 33.8 Å². The van der Waals surface area contributed by atoms with E-state index in [4.69, 9.17) is 33.4 Å². The minimum absolute atomic E-state index is 0.0253. The molecule has 1 aromatic rings. The molecular weight excluding hydrogens is 319 g/mol. The number of aliphatic carboxylic acids is 1. The Morgan fingerprint density at radius 3 is 2.52 bits per heavy atom. The van der Waals surface area contributed by atoms with Gasteiger partial charge in [-0.2, -0.15) is 0 Å².